The number of nitrogens with two attached hydrogens (primary N) is 1. The Morgan fingerprint density at radius 1 is 1.21 bits per heavy atom. The van der Waals surface area contributed by atoms with E-state index < -0.39 is 0 Å². The van der Waals surface area contributed by atoms with E-state index in [2.05, 4.69) is 17.1 Å². The van der Waals surface area contributed by atoms with E-state index in [4.69, 9.17) is 5.73 Å². The number of benzene rings is 1. The summed E-state index contributed by atoms with van der Waals surface area (Å²) >= 11 is 0. The fourth-order valence-electron chi connectivity index (χ4n) is 1.53. The lowest BCUT2D eigenvalue weighted by Gasteiger charge is -2.06. The largest absolute Gasteiger partial charge is 0.324 e. The Morgan fingerprint density at radius 3 is 2.71 bits per heavy atom. The molecule has 72 valence electrons. The molecule has 0 saturated heterocycles. The summed E-state index contributed by atoms with van der Waals surface area (Å²) in [7, 11) is 0. The van der Waals surface area contributed by atoms with Crippen molar-refractivity contribution in [3.63, 3.8) is 0 Å². The number of nitrogens with zero attached hydrogens (tertiary/aromatic N) is 1. The smallest absolute Gasteiger partial charge is 0.0705 e. The topological polar surface area (TPSA) is 38.9 Å². The van der Waals surface area contributed by atoms with E-state index in [0.717, 1.165) is 22.2 Å². The van der Waals surface area contributed by atoms with Gasteiger partial charge < -0.3 is 5.73 Å². The molecule has 0 saturated carbocycles. The van der Waals surface area contributed by atoms with Gasteiger partial charge in [0.15, 0.2) is 0 Å². The van der Waals surface area contributed by atoms with Gasteiger partial charge in [-0.1, -0.05) is 12.1 Å². The van der Waals surface area contributed by atoms with Crippen LogP contribution in [0, 0.1) is 6.92 Å². The summed E-state index contributed by atoms with van der Waals surface area (Å²) in [6, 6.07) is 10.4. The van der Waals surface area contributed by atoms with Gasteiger partial charge in [-0.15, -0.1) is 0 Å². The number of aromatic nitrogens is 1. The molecule has 1 aromatic carbocycles. The van der Waals surface area contributed by atoms with Crippen molar-refractivity contribution in [1.29, 1.82) is 0 Å². The van der Waals surface area contributed by atoms with Gasteiger partial charge in [-0.25, -0.2) is 0 Å². The van der Waals surface area contributed by atoms with Crippen LogP contribution in [0.5, 0.6) is 0 Å². The first kappa shape index (κ1) is 9.16. The first-order valence-corrected chi connectivity index (χ1v) is 4.80. The van der Waals surface area contributed by atoms with Gasteiger partial charge in [0, 0.05) is 17.1 Å². The molecule has 1 atom stereocenters. The maximum atomic E-state index is 5.81. The predicted molar refractivity (Wildman–Crippen MR) is 59.1 cm³/mol. The third kappa shape index (κ3) is 1.61. The zero-order valence-electron chi connectivity index (χ0n) is 8.49. The molecule has 0 spiro atoms. The van der Waals surface area contributed by atoms with Gasteiger partial charge in [-0.2, -0.15) is 0 Å². The predicted octanol–water partition coefficient (Wildman–Crippen LogP) is 2.56. The molecule has 14 heavy (non-hydrogen) atoms. The summed E-state index contributed by atoms with van der Waals surface area (Å²) in [5.74, 6) is 0. The van der Waals surface area contributed by atoms with Crippen LogP contribution in [0.25, 0.3) is 10.9 Å². The molecule has 2 aromatic rings. The second kappa shape index (κ2) is 3.39. The monoisotopic (exact) mass is 186 g/mol. The molecule has 2 rings (SSSR count). The molecular weight excluding hydrogens is 172 g/mol. The fourth-order valence-corrected chi connectivity index (χ4v) is 1.53. The molecule has 0 fully saturated rings. The van der Waals surface area contributed by atoms with Crippen LogP contribution < -0.4 is 5.73 Å². The summed E-state index contributed by atoms with van der Waals surface area (Å²) in [6.45, 7) is 3.99. The van der Waals surface area contributed by atoms with E-state index in [1.807, 2.05) is 32.0 Å². The first-order chi connectivity index (χ1) is 6.66. The summed E-state index contributed by atoms with van der Waals surface area (Å²) in [4.78, 5) is 4.44. The summed E-state index contributed by atoms with van der Waals surface area (Å²) in [6.07, 6.45) is 0. The van der Waals surface area contributed by atoms with Crippen LogP contribution in [0.15, 0.2) is 30.3 Å². The molecular formula is C12H14N2. The van der Waals surface area contributed by atoms with E-state index in [-0.39, 0.29) is 6.04 Å². The first-order valence-electron chi connectivity index (χ1n) is 4.80. The maximum absolute atomic E-state index is 5.81. The van der Waals surface area contributed by atoms with Crippen molar-refractivity contribution in [3.8, 4) is 0 Å². The summed E-state index contributed by atoms with van der Waals surface area (Å²) < 4.78 is 0. The SMILES string of the molecule is Cc1ccc2cc([C@H](C)N)ccc2n1. The number of rotatable bonds is 1. The average Bonchev–Trinajstić information content (AvgIpc) is 2.16. The molecule has 0 aliphatic rings. The molecule has 1 heterocycles. The van der Waals surface area contributed by atoms with Crippen LogP contribution in [0.2, 0.25) is 0 Å². The van der Waals surface area contributed by atoms with Crippen molar-refractivity contribution in [2.45, 2.75) is 19.9 Å². The van der Waals surface area contributed by atoms with E-state index in [1.165, 1.54) is 0 Å². The fraction of sp³-hybridized carbons (Fsp3) is 0.250. The third-order valence-electron chi connectivity index (χ3n) is 2.38. The Bertz CT molecular complexity index is 461. The Morgan fingerprint density at radius 2 is 2.00 bits per heavy atom. The molecule has 2 nitrogen and oxygen atoms in total. The van der Waals surface area contributed by atoms with E-state index in [0.29, 0.717) is 0 Å². The maximum Gasteiger partial charge on any atom is 0.0705 e. The Labute approximate surface area is 83.8 Å². The number of fused-ring (bicyclic) bond motifs is 1. The summed E-state index contributed by atoms with van der Waals surface area (Å²) in [5.41, 5.74) is 9.05. The van der Waals surface area contributed by atoms with Crippen molar-refractivity contribution in [2.75, 3.05) is 0 Å². The van der Waals surface area contributed by atoms with Crippen molar-refractivity contribution >= 4 is 10.9 Å². The van der Waals surface area contributed by atoms with Gasteiger partial charge in [-0.05, 0) is 37.6 Å². The Kier molecular flexibility index (Phi) is 2.22. The van der Waals surface area contributed by atoms with Crippen molar-refractivity contribution < 1.29 is 0 Å². The lowest BCUT2D eigenvalue weighted by atomic mass is 10.1. The highest BCUT2D eigenvalue weighted by atomic mass is 14.7. The lowest BCUT2D eigenvalue weighted by Crippen LogP contribution is -2.04. The van der Waals surface area contributed by atoms with Crippen molar-refractivity contribution in [1.82, 2.24) is 4.98 Å². The third-order valence-corrected chi connectivity index (χ3v) is 2.38. The van der Waals surface area contributed by atoms with Gasteiger partial charge in [0.05, 0.1) is 5.52 Å². The van der Waals surface area contributed by atoms with Gasteiger partial charge >= 0.3 is 0 Å². The lowest BCUT2D eigenvalue weighted by molar-refractivity contribution is 0.820. The van der Waals surface area contributed by atoms with Crippen LogP contribution in [-0.4, -0.2) is 4.98 Å². The van der Waals surface area contributed by atoms with Crippen LogP contribution in [-0.2, 0) is 0 Å². The van der Waals surface area contributed by atoms with Crippen LogP contribution in [0.1, 0.15) is 24.2 Å². The average molecular weight is 186 g/mol. The molecule has 1 aromatic heterocycles. The van der Waals surface area contributed by atoms with Crippen LogP contribution in [0.4, 0.5) is 0 Å². The molecule has 0 amide bonds. The highest BCUT2D eigenvalue weighted by Gasteiger charge is 2.01. The zero-order valence-corrected chi connectivity index (χ0v) is 8.49. The van der Waals surface area contributed by atoms with E-state index in [9.17, 15) is 0 Å². The molecule has 0 aliphatic heterocycles. The quantitative estimate of drug-likeness (QED) is 0.743. The second-order valence-corrected chi connectivity index (χ2v) is 3.69. The zero-order chi connectivity index (χ0) is 10.1. The number of hydrogen-bond acceptors (Lipinski definition) is 2. The van der Waals surface area contributed by atoms with Gasteiger partial charge in [0.1, 0.15) is 0 Å². The number of pyridine rings is 1. The molecule has 0 radical (unpaired) electrons. The van der Waals surface area contributed by atoms with Crippen molar-refractivity contribution in [3.05, 3.63) is 41.6 Å². The minimum absolute atomic E-state index is 0.0840. The molecule has 2 heteroatoms. The van der Waals surface area contributed by atoms with Gasteiger partial charge in [0.2, 0.25) is 0 Å². The normalized spacial score (nSPS) is 13.1. The minimum Gasteiger partial charge on any atom is -0.324 e. The van der Waals surface area contributed by atoms with Crippen LogP contribution in [0.3, 0.4) is 0 Å². The Hall–Kier alpha value is -1.41. The minimum atomic E-state index is 0.0840. The second-order valence-electron chi connectivity index (χ2n) is 3.69. The standard InChI is InChI=1S/C12H14N2/c1-8-3-4-11-7-10(9(2)13)5-6-12(11)14-8/h3-7,9H,13H2,1-2H3/t9-/m0/s1. The van der Waals surface area contributed by atoms with Gasteiger partial charge in [0.25, 0.3) is 0 Å². The van der Waals surface area contributed by atoms with E-state index >= 15 is 0 Å². The molecule has 0 unspecified atom stereocenters. The van der Waals surface area contributed by atoms with Crippen molar-refractivity contribution in [2.24, 2.45) is 5.73 Å². The molecule has 0 bridgehead atoms. The molecule has 2 N–H and O–H groups in total. The van der Waals surface area contributed by atoms with Crippen LogP contribution >= 0.6 is 0 Å². The number of hydrogen-bond donors (Lipinski definition) is 1. The summed E-state index contributed by atoms with van der Waals surface area (Å²) in [5, 5.41) is 1.16. The van der Waals surface area contributed by atoms with E-state index in [1.54, 1.807) is 0 Å². The number of aryl methyl sites for hydroxylation is 1. The molecule has 0 aliphatic carbocycles. The Balaban J connectivity index is 2.62. The highest BCUT2D eigenvalue weighted by molar-refractivity contribution is 5.79. The van der Waals surface area contributed by atoms with Gasteiger partial charge in [-0.3, -0.25) is 4.98 Å². The highest BCUT2D eigenvalue weighted by Crippen LogP contribution is 2.17.